The monoisotopic (exact) mass is 367 g/mol. The van der Waals surface area contributed by atoms with Crippen LogP contribution in [0.2, 0.25) is 10.0 Å². The maximum absolute atomic E-state index is 11.8. The molecule has 0 saturated carbocycles. The van der Waals surface area contributed by atoms with E-state index in [1.54, 1.807) is 24.3 Å². The van der Waals surface area contributed by atoms with Gasteiger partial charge in [-0.2, -0.15) is 0 Å². The van der Waals surface area contributed by atoms with Crippen molar-refractivity contribution in [1.29, 1.82) is 0 Å². The molecule has 2 rings (SSSR count). The molecule has 0 spiro atoms. The lowest BCUT2D eigenvalue weighted by atomic mass is 10.1. The summed E-state index contributed by atoms with van der Waals surface area (Å²) in [6.45, 7) is 2.91. The van der Waals surface area contributed by atoms with Crippen molar-refractivity contribution in [3.8, 4) is 11.5 Å². The van der Waals surface area contributed by atoms with Crippen molar-refractivity contribution in [3.05, 3.63) is 58.1 Å². The first-order chi connectivity index (χ1) is 11.6. The van der Waals surface area contributed by atoms with E-state index in [-0.39, 0.29) is 12.5 Å². The lowest BCUT2D eigenvalue weighted by molar-refractivity contribution is -0.123. The smallest absolute Gasteiger partial charge is 0.257 e. The van der Waals surface area contributed by atoms with Crippen molar-refractivity contribution in [1.82, 2.24) is 5.32 Å². The fraction of sp³-hybridized carbons (Fsp3) is 0.278. The number of benzene rings is 2. The predicted octanol–water partition coefficient (Wildman–Crippen LogP) is 4.13. The van der Waals surface area contributed by atoms with Crippen molar-refractivity contribution in [2.24, 2.45) is 0 Å². The predicted molar refractivity (Wildman–Crippen MR) is 96.3 cm³/mol. The van der Waals surface area contributed by atoms with Gasteiger partial charge < -0.3 is 14.8 Å². The lowest BCUT2D eigenvalue weighted by Crippen LogP contribution is -2.30. The number of halogens is 2. The van der Waals surface area contributed by atoms with Gasteiger partial charge in [0.1, 0.15) is 11.5 Å². The molecule has 0 aliphatic carbocycles. The molecule has 1 N–H and O–H groups in total. The van der Waals surface area contributed by atoms with Crippen LogP contribution in [0.5, 0.6) is 11.5 Å². The molecule has 24 heavy (non-hydrogen) atoms. The number of amides is 1. The lowest BCUT2D eigenvalue weighted by Gasteiger charge is -2.09. The van der Waals surface area contributed by atoms with Crippen LogP contribution in [0.25, 0.3) is 0 Å². The molecule has 6 heteroatoms. The van der Waals surface area contributed by atoms with Gasteiger partial charge in [-0.15, -0.1) is 0 Å². The first kappa shape index (κ1) is 18.4. The van der Waals surface area contributed by atoms with Crippen LogP contribution in [0.4, 0.5) is 0 Å². The molecule has 0 heterocycles. The zero-order valence-corrected chi connectivity index (χ0v) is 14.9. The summed E-state index contributed by atoms with van der Waals surface area (Å²) in [5, 5.41) is 3.99. The first-order valence-electron chi connectivity index (χ1n) is 7.64. The zero-order chi connectivity index (χ0) is 17.4. The van der Waals surface area contributed by atoms with Crippen LogP contribution in [-0.2, 0) is 11.2 Å². The Hall–Kier alpha value is -1.91. The Bertz CT molecular complexity index is 692. The molecule has 0 aliphatic rings. The fourth-order valence-electron chi connectivity index (χ4n) is 2.08. The SMILES string of the molecule is CCOc1cccc(OCC(=O)NCCc2ccc(Cl)cc2Cl)c1. The highest BCUT2D eigenvalue weighted by molar-refractivity contribution is 6.35. The molecule has 0 bridgehead atoms. The molecular weight excluding hydrogens is 349 g/mol. The molecule has 0 atom stereocenters. The number of carbonyl (C=O) groups is 1. The first-order valence-corrected chi connectivity index (χ1v) is 8.40. The van der Waals surface area contributed by atoms with Gasteiger partial charge in [-0.3, -0.25) is 4.79 Å². The minimum Gasteiger partial charge on any atom is -0.494 e. The molecule has 2 aromatic carbocycles. The molecule has 0 fully saturated rings. The molecule has 2 aromatic rings. The van der Waals surface area contributed by atoms with Gasteiger partial charge in [-0.1, -0.05) is 35.3 Å². The zero-order valence-electron chi connectivity index (χ0n) is 13.4. The van der Waals surface area contributed by atoms with E-state index in [0.717, 1.165) is 5.56 Å². The molecule has 0 aromatic heterocycles. The van der Waals surface area contributed by atoms with Gasteiger partial charge in [0, 0.05) is 22.7 Å². The second-order valence-corrected chi connectivity index (χ2v) is 5.88. The Morgan fingerprint density at radius 3 is 2.54 bits per heavy atom. The summed E-state index contributed by atoms with van der Waals surface area (Å²) in [4.78, 5) is 11.8. The van der Waals surface area contributed by atoms with Gasteiger partial charge in [0.15, 0.2) is 6.61 Å². The highest BCUT2D eigenvalue weighted by Gasteiger charge is 2.05. The maximum Gasteiger partial charge on any atom is 0.257 e. The Kier molecular flexibility index (Phi) is 7.22. The van der Waals surface area contributed by atoms with Crippen LogP contribution in [-0.4, -0.2) is 25.7 Å². The van der Waals surface area contributed by atoms with Crippen LogP contribution >= 0.6 is 23.2 Å². The topological polar surface area (TPSA) is 47.6 Å². The van der Waals surface area contributed by atoms with Crippen molar-refractivity contribution in [2.45, 2.75) is 13.3 Å². The van der Waals surface area contributed by atoms with E-state index in [2.05, 4.69) is 5.32 Å². The van der Waals surface area contributed by atoms with E-state index in [9.17, 15) is 4.79 Å². The summed E-state index contributed by atoms with van der Waals surface area (Å²) in [6, 6.07) is 12.5. The van der Waals surface area contributed by atoms with E-state index in [1.165, 1.54) is 0 Å². The molecule has 1 amide bonds. The van der Waals surface area contributed by atoms with Gasteiger partial charge >= 0.3 is 0 Å². The number of hydrogen-bond acceptors (Lipinski definition) is 3. The van der Waals surface area contributed by atoms with E-state index >= 15 is 0 Å². The average Bonchev–Trinajstić information content (AvgIpc) is 2.56. The third-order valence-corrected chi connectivity index (χ3v) is 3.80. The Labute approximate surface area is 151 Å². The second kappa shape index (κ2) is 9.40. The number of ether oxygens (including phenoxy) is 2. The van der Waals surface area contributed by atoms with Crippen molar-refractivity contribution in [2.75, 3.05) is 19.8 Å². The van der Waals surface area contributed by atoms with Crippen molar-refractivity contribution in [3.63, 3.8) is 0 Å². The van der Waals surface area contributed by atoms with Crippen molar-refractivity contribution < 1.29 is 14.3 Å². The fourth-order valence-corrected chi connectivity index (χ4v) is 2.58. The Balaban J connectivity index is 1.74. The summed E-state index contributed by atoms with van der Waals surface area (Å²) in [7, 11) is 0. The number of carbonyl (C=O) groups excluding carboxylic acids is 1. The van der Waals surface area contributed by atoms with E-state index in [1.807, 2.05) is 25.1 Å². The highest BCUT2D eigenvalue weighted by atomic mass is 35.5. The highest BCUT2D eigenvalue weighted by Crippen LogP contribution is 2.21. The van der Waals surface area contributed by atoms with Crippen LogP contribution in [0, 0.1) is 0 Å². The minimum absolute atomic E-state index is 0.0517. The third-order valence-electron chi connectivity index (χ3n) is 3.22. The normalized spacial score (nSPS) is 10.3. The van der Waals surface area contributed by atoms with E-state index in [4.69, 9.17) is 32.7 Å². The number of nitrogens with one attached hydrogen (secondary N) is 1. The van der Waals surface area contributed by atoms with Gasteiger partial charge in [-0.25, -0.2) is 0 Å². The van der Waals surface area contributed by atoms with Gasteiger partial charge in [-0.05, 0) is 43.2 Å². The van der Waals surface area contributed by atoms with Crippen LogP contribution in [0.1, 0.15) is 12.5 Å². The van der Waals surface area contributed by atoms with Crippen LogP contribution < -0.4 is 14.8 Å². The number of hydrogen-bond donors (Lipinski definition) is 1. The summed E-state index contributed by atoms with van der Waals surface area (Å²) in [5.74, 6) is 1.12. The molecular formula is C18H19Cl2NO3. The molecule has 0 saturated heterocycles. The van der Waals surface area contributed by atoms with Gasteiger partial charge in [0.05, 0.1) is 6.61 Å². The quantitative estimate of drug-likeness (QED) is 0.762. The van der Waals surface area contributed by atoms with E-state index in [0.29, 0.717) is 41.1 Å². The second-order valence-electron chi connectivity index (χ2n) is 5.03. The van der Waals surface area contributed by atoms with Gasteiger partial charge in [0.2, 0.25) is 0 Å². The maximum atomic E-state index is 11.8. The molecule has 128 valence electrons. The molecule has 4 nitrogen and oxygen atoms in total. The Morgan fingerprint density at radius 2 is 1.83 bits per heavy atom. The molecule has 0 radical (unpaired) electrons. The van der Waals surface area contributed by atoms with E-state index < -0.39 is 0 Å². The largest absolute Gasteiger partial charge is 0.494 e. The minimum atomic E-state index is -0.193. The summed E-state index contributed by atoms with van der Waals surface area (Å²) in [6.07, 6.45) is 0.627. The molecule has 0 aliphatic heterocycles. The van der Waals surface area contributed by atoms with Crippen LogP contribution in [0.15, 0.2) is 42.5 Å². The number of rotatable bonds is 8. The Morgan fingerprint density at radius 1 is 1.08 bits per heavy atom. The van der Waals surface area contributed by atoms with Crippen molar-refractivity contribution >= 4 is 29.1 Å². The summed E-state index contributed by atoms with van der Waals surface area (Å²) >= 11 is 11.9. The van der Waals surface area contributed by atoms with Crippen LogP contribution in [0.3, 0.4) is 0 Å². The third kappa shape index (κ3) is 5.95. The summed E-state index contributed by atoms with van der Waals surface area (Å²) in [5.41, 5.74) is 0.937. The van der Waals surface area contributed by atoms with Gasteiger partial charge in [0.25, 0.3) is 5.91 Å². The summed E-state index contributed by atoms with van der Waals surface area (Å²) < 4.78 is 10.8. The molecule has 0 unspecified atom stereocenters. The standard InChI is InChI=1S/C18H19Cl2NO3/c1-2-23-15-4-3-5-16(11-15)24-12-18(22)21-9-8-13-6-7-14(19)10-17(13)20/h3-7,10-11H,2,8-9,12H2,1H3,(H,21,22). The average molecular weight is 368 g/mol.